The van der Waals surface area contributed by atoms with Crippen molar-refractivity contribution in [1.29, 1.82) is 0 Å². The number of nitrogens with one attached hydrogen (secondary N) is 1. The van der Waals surface area contributed by atoms with Crippen LogP contribution in [0.2, 0.25) is 0 Å². The number of hydrogen-bond donors (Lipinski definition) is 1. The van der Waals surface area contributed by atoms with Gasteiger partial charge in [-0.1, -0.05) is 42.8 Å². The summed E-state index contributed by atoms with van der Waals surface area (Å²) in [5.74, 6) is -0.0569. The monoisotopic (exact) mass is 247 g/mol. The number of allylic oxidation sites excluding steroid dienone is 4. The van der Waals surface area contributed by atoms with E-state index < -0.39 is 0 Å². The molecule has 0 aliphatic carbocycles. The molecule has 1 N–H and O–H groups in total. The van der Waals surface area contributed by atoms with Gasteiger partial charge in [-0.2, -0.15) is 0 Å². The molecule has 0 saturated carbocycles. The van der Waals surface area contributed by atoms with E-state index in [1.807, 2.05) is 6.92 Å². The maximum atomic E-state index is 11.6. The third-order valence-electron chi connectivity index (χ3n) is 1.67. The molecule has 0 unspecified atom stereocenters. The fraction of sp³-hybridized carbons (Fsp3) is 0.364. The van der Waals surface area contributed by atoms with E-state index in [4.69, 9.17) is 23.2 Å². The molecule has 84 valence electrons. The molecule has 0 aliphatic heterocycles. The molecule has 0 aliphatic rings. The van der Waals surface area contributed by atoms with Gasteiger partial charge in [0.05, 0.1) is 11.6 Å². The van der Waals surface area contributed by atoms with Crippen molar-refractivity contribution in [2.24, 2.45) is 0 Å². The molecule has 0 bridgehead atoms. The largest absolute Gasteiger partial charge is 0.310 e. The first-order valence-electron chi connectivity index (χ1n) is 4.65. The highest BCUT2D eigenvalue weighted by molar-refractivity contribution is 6.38. The Bertz CT molecular complexity index is 306. The number of carbonyl (C=O) groups is 1. The van der Waals surface area contributed by atoms with Crippen molar-refractivity contribution < 1.29 is 4.79 Å². The Morgan fingerprint density at radius 3 is 2.47 bits per heavy atom. The van der Waals surface area contributed by atoms with Crippen LogP contribution in [-0.2, 0) is 4.79 Å². The molecule has 0 aromatic rings. The SMILES string of the molecule is C=C(Cl)/C=C(/Cl)C(=CC)C(=O)CNCC. The van der Waals surface area contributed by atoms with Gasteiger partial charge in [0, 0.05) is 10.6 Å². The predicted octanol–water partition coefficient (Wildman–Crippen LogP) is 2.99. The van der Waals surface area contributed by atoms with Crippen LogP contribution < -0.4 is 5.32 Å². The second kappa shape index (κ2) is 7.69. The molecule has 0 heterocycles. The summed E-state index contributed by atoms with van der Waals surface area (Å²) in [6.07, 6.45) is 3.13. The van der Waals surface area contributed by atoms with Gasteiger partial charge >= 0.3 is 0 Å². The maximum absolute atomic E-state index is 11.6. The number of likely N-dealkylation sites (N-methyl/N-ethyl adjacent to an activating group) is 1. The molecular weight excluding hydrogens is 233 g/mol. The van der Waals surface area contributed by atoms with Gasteiger partial charge in [0.25, 0.3) is 0 Å². The van der Waals surface area contributed by atoms with Crippen molar-refractivity contribution in [1.82, 2.24) is 5.32 Å². The fourth-order valence-electron chi connectivity index (χ4n) is 0.981. The second-order valence-corrected chi connectivity index (χ2v) is 3.74. The molecule has 0 aromatic carbocycles. The van der Waals surface area contributed by atoms with Crippen molar-refractivity contribution in [3.63, 3.8) is 0 Å². The third kappa shape index (κ3) is 5.78. The van der Waals surface area contributed by atoms with E-state index in [2.05, 4.69) is 11.9 Å². The molecule has 0 amide bonds. The van der Waals surface area contributed by atoms with Crippen LogP contribution in [0.3, 0.4) is 0 Å². The Morgan fingerprint density at radius 1 is 1.47 bits per heavy atom. The van der Waals surface area contributed by atoms with Gasteiger partial charge in [0.1, 0.15) is 0 Å². The average molecular weight is 248 g/mol. The first-order chi connectivity index (χ1) is 7.02. The lowest BCUT2D eigenvalue weighted by Gasteiger charge is -2.05. The Kier molecular flexibility index (Phi) is 7.39. The number of carbonyl (C=O) groups excluding carboxylic acids is 1. The van der Waals surface area contributed by atoms with Crippen LogP contribution in [0.5, 0.6) is 0 Å². The van der Waals surface area contributed by atoms with Crippen molar-refractivity contribution in [3.8, 4) is 0 Å². The lowest BCUT2D eigenvalue weighted by atomic mass is 10.1. The first-order valence-corrected chi connectivity index (χ1v) is 5.40. The zero-order chi connectivity index (χ0) is 11.8. The fourth-order valence-corrected chi connectivity index (χ4v) is 1.49. The Hall–Kier alpha value is -0.570. The second-order valence-electron chi connectivity index (χ2n) is 2.84. The predicted molar refractivity (Wildman–Crippen MR) is 66.2 cm³/mol. The molecule has 0 saturated heterocycles. The van der Waals surface area contributed by atoms with Crippen LogP contribution in [-0.4, -0.2) is 18.9 Å². The van der Waals surface area contributed by atoms with Gasteiger partial charge in [-0.3, -0.25) is 4.79 Å². The first kappa shape index (κ1) is 14.4. The molecule has 4 heteroatoms. The van der Waals surface area contributed by atoms with Crippen LogP contribution in [0.4, 0.5) is 0 Å². The summed E-state index contributed by atoms with van der Waals surface area (Å²) in [6, 6.07) is 0. The molecule has 0 atom stereocenters. The summed E-state index contributed by atoms with van der Waals surface area (Å²) in [7, 11) is 0. The van der Waals surface area contributed by atoms with E-state index in [-0.39, 0.29) is 12.3 Å². The van der Waals surface area contributed by atoms with Crippen LogP contribution in [0, 0.1) is 0 Å². The number of Topliss-reactive ketones (excluding diaryl/α,β-unsaturated/α-hetero) is 1. The Balaban J connectivity index is 4.64. The van der Waals surface area contributed by atoms with E-state index in [0.29, 0.717) is 15.6 Å². The highest BCUT2D eigenvalue weighted by Gasteiger charge is 2.11. The van der Waals surface area contributed by atoms with Crippen LogP contribution >= 0.6 is 23.2 Å². The van der Waals surface area contributed by atoms with Gasteiger partial charge in [-0.05, 0) is 19.5 Å². The minimum atomic E-state index is -0.0569. The lowest BCUT2D eigenvalue weighted by Crippen LogP contribution is -2.23. The summed E-state index contributed by atoms with van der Waals surface area (Å²) < 4.78 is 0. The van der Waals surface area contributed by atoms with Crippen molar-refractivity contribution in [2.75, 3.05) is 13.1 Å². The average Bonchev–Trinajstić information content (AvgIpc) is 2.14. The highest BCUT2D eigenvalue weighted by atomic mass is 35.5. The molecule has 0 spiro atoms. The normalized spacial score (nSPS) is 12.8. The molecule has 0 radical (unpaired) electrons. The summed E-state index contributed by atoms with van der Waals surface area (Å²) >= 11 is 11.5. The third-order valence-corrected chi connectivity index (χ3v) is 2.09. The van der Waals surface area contributed by atoms with Gasteiger partial charge < -0.3 is 5.32 Å². The zero-order valence-corrected chi connectivity index (χ0v) is 10.5. The topological polar surface area (TPSA) is 29.1 Å². The van der Waals surface area contributed by atoms with E-state index >= 15 is 0 Å². The molecule has 0 aromatic heterocycles. The molecule has 0 fully saturated rings. The molecular formula is C11H15Cl2NO. The summed E-state index contributed by atoms with van der Waals surface area (Å²) in [4.78, 5) is 11.6. The zero-order valence-electron chi connectivity index (χ0n) is 8.94. The molecule has 0 rings (SSSR count). The summed E-state index contributed by atoms with van der Waals surface area (Å²) in [6.45, 7) is 8.19. The minimum absolute atomic E-state index is 0.0569. The van der Waals surface area contributed by atoms with Crippen molar-refractivity contribution in [2.45, 2.75) is 13.8 Å². The Morgan fingerprint density at radius 2 is 2.07 bits per heavy atom. The summed E-state index contributed by atoms with van der Waals surface area (Å²) in [5, 5.41) is 3.56. The van der Waals surface area contributed by atoms with Gasteiger partial charge in [-0.25, -0.2) is 0 Å². The molecule has 2 nitrogen and oxygen atoms in total. The number of hydrogen-bond acceptors (Lipinski definition) is 2. The van der Waals surface area contributed by atoms with E-state index in [1.54, 1.807) is 13.0 Å². The number of rotatable bonds is 6. The maximum Gasteiger partial charge on any atom is 0.177 e. The minimum Gasteiger partial charge on any atom is -0.310 e. The van der Waals surface area contributed by atoms with Crippen molar-refractivity contribution in [3.05, 3.63) is 34.4 Å². The standard InChI is InChI=1S/C11H15Cl2NO/c1-4-9(10(13)6-8(3)12)11(15)7-14-5-2/h4,6,14H,3,5,7H2,1-2H3/b9-4?,10-6+. The lowest BCUT2D eigenvalue weighted by molar-refractivity contribution is -0.114. The van der Waals surface area contributed by atoms with E-state index in [0.717, 1.165) is 6.54 Å². The summed E-state index contributed by atoms with van der Waals surface area (Å²) in [5.41, 5.74) is 0.458. The molecule has 15 heavy (non-hydrogen) atoms. The van der Waals surface area contributed by atoms with E-state index in [1.165, 1.54) is 6.08 Å². The van der Waals surface area contributed by atoms with Crippen LogP contribution in [0.25, 0.3) is 0 Å². The van der Waals surface area contributed by atoms with Crippen LogP contribution in [0.1, 0.15) is 13.8 Å². The van der Waals surface area contributed by atoms with Crippen molar-refractivity contribution >= 4 is 29.0 Å². The number of ketones is 1. The highest BCUT2D eigenvalue weighted by Crippen LogP contribution is 2.18. The van der Waals surface area contributed by atoms with Crippen LogP contribution in [0.15, 0.2) is 34.4 Å². The Labute approximate surface area is 101 Å². The number of halogens is 2. The van der Waals surface area contributed by atoms with Gasteiger partial charge in [-0.15, -0.1) is 0 Å². The smallest absolute Gasteiger partial charge is 0.177 e. The van der Waals surface area contributed by atoms with Gasteiger partial charge in [0.2, 0.25) is 0 Å². The van der Waals surface area contributed by atoms with Gasteiger partial charge in [0.15, 0.2) is 5.78 Å². The van der Waals surface area contributed by atoms with E-state index in [9.17, 15) is 4.79 Å². The quantitative estimate of drug-likeness (QED) is 0.578.